The molecule has 0 spiro atoms. The summed E-state index contributed by atoms with van der Waals surface area (Å²) in [6, 6.07) is 16.3. The number of fused-ring (bicyclic) bond motifs is 1. The van der Waals surface area contributed by atoms with Gasteiger partial charge in [0, 0.05) is 27.6 Å². The maximum absolute atomic E-state index is 12.9. The third-order valence-corrected chi connectivity index (χ3v) is 6.22. The van der Waals surface area contributed by atoms with Crippen molar-refractivity contribution in [2.24, 2.45) is 0 Å². The lowest BCUT2D eigenvalue weighted by atomic mass is 10.0. The molecule has 140 valence electrons. The van der Waals surface area contributed by atoms with Crippen LogP contribution in [0.3, 0.4) is 0 Å². The lowest BCUT2D eigenvalue weighted by Crippen LogP contribution is -2.37. The molecule has 1 aliphatic heterocycles. The maximum Gasteiger partial charge on any atom is 0.252 e. The van der Waals surface area contributed by atoms with Gasteiger partial charge in [-0.15, -0.1) is 11.3 Å². The van der Waals surface area contributed by atoms with Crippen LogP contribution in [-0.4, -0.2) is 37.6 Å². The van der Waals surface area contributed by atoms with Crippen LogP contribution in [0.2, 0.25) is 0 Å². The van der Waals surface area contributed by atoms with Gasteiger partial charge in [-0.3, -0.25) is 9.69 Å². The Hall–Kier alpha value is -2.37. The molecule has 1 unspecified atom stereocenters. The highest BCUT2D eigenvalue weighted by Gasteiger charge is 2.26. The monoisotopic (exact) mass is 380 g/mol. The third-order valence-electron chi connectivity index (χ3n) is 5.26. The van der Waals surface area contributed by atoms with Crippen molar-refractivity contribution in [1.82, 2.24) is 10.2 Å². The van der Waals surface area contributed by atoms with Gasteiger partial charge < -0.3 is 10.1 Å². The zero-order valence-electron chi connectivity index (χ0n) is 15.5. The molecular formula is C22H24N2O2S. The van der Waals surface area contributed by atoms with E-state index in [4.69, 9.17) is 4.74 Å². The fraction of sp³-hybridized carbons (Fsp3) is 0.318. The summed E-state index contributed by atoms with van der Waals surface area (Å²) in [6.07, 6.45) is 2.41. The van der Waals surface area contributed by atoms with Gasteiger partial charge in [0.2, 0.25) is 0 Å². The molecule has 5 heteroatoms. The normalized spacial score (nSPS) is 15.7. The number of hydrogen-bond donors (Lipinski definition) is 1. The first-order valence-electron chi connectivity index (χ1n) is 9.39. The van der Waals surface area contributed by atoms with E-state index in [1.54, 1.807) is 18.4 Å². The molecule has 4 rings (SSSR count). The molecule has 2 aromatic carbocycles. The smallest absolute Gasteiger partial charge is 0.252 e. The van der Waals surface area contributed by atoms with Gasteiger partial charge in [0.25, 0.3) is 5.91 Å². The van der Waals surface area contributed by atoms with Crippen LogP contribution in [-0.2, 0) is 0 Å². The number of carbonyl (C=O) groups is 1. The number of thiophene rings is 1. The molecular weight excluding hydrogens is 356 g/mol. The molecule has 3 aromatic rings. The van der Waals surface area contributed by atoms with Gasteiger partial charge in [-0.25, -0.2) is 0 Å². The van der Waals surface area contributed by atoms with Gasteiger partial charge in [0.15, 0.2) is 0 Å². The van der Waals surface area contributed by atoms with Crippen molar-refractivity contribution in [3.8, 4) is 5.75 Å². The van der Waals surface area contributed by atoms with Crippen molar-refractivity contribution < 1.29 is 9.53 Å². The Labute approximate surface area is 163 Å². The van der Waals surface area contributed by atoms with Crippen molar-refractivity contribution in [3.05, 3.63) is 65.0 Å². The first-order valence-corrected chi connectivity index (χ1v) is 10.3. The Morgan fingerprint density at radius 3 is 2.70 bits per heavy atom. The number of likely N-dealkylation sites (tertiary alicyclic amines) is 1. The Kier molecular flexibility index (Phi) is 5.41. The molecule has 1 amide bonds. The summed E-state index contributed by atoms with van der Waals surface area (Å²) in [7, 11) is 1.70. The highest BCUT2D eigenvalue weighted by Crippen LogP contribution is 2.31. The minimum Gasteiger partial charge on any atom is -0.496 e. The molecule has 0 saturated carbocycles. The first kappa shape index (κ1) is 18.0. The summed E-state index contributed by atoms with van der Waals surface area (Å²) in [5.74, 6) is 0.871. The summed E-state index contributed by atoms with van der Waals surface area (Å²) < 4.78 is 6.73. The predicted octanol–water partition coefficient (Wildman–Crippen LogP) is 4.48. The standard InChI is InChI=1S/C22H24N2O2S/c1-26-20-10-4-2-9-17(20)19(24-12-6-7-13-24)14-23-22(25)18-15-27-21-11-5-3-8-16(18)21/h2-5,8-11,15,19H,6-7,12-14H2,1H3,(H,23,25). The predicted molar refractivity (Wildman–Crippen MR) is 111 cm³/mol. The molecule has 2 heterocycles. The Morgan fingerprint density at radius 2 is 1.89 bits per heavy atom. The topological polar surface area (TPSA) is 41.6 Å². The molecule has 1 aliphatic rings. The van der Waals surface area contributed by atoms with Gasteiger partial charge in [0.05, 0.1) is 18.7 Å². The van der Waals surface area contributed by atoms with E-state index in [0.29, 0.717) is 6.54 Å². The molecule has 0 radical (unpaired) electrons. The average molecular weight is 381 g/mol. The van der Waals surface area contributed by atoms with Gasteiger partial charge >= 0.3 is 0 Å². The van der Waals surface area contributed by atoms with Crippen molar-refractivity contribution >= 4 is 27.3 Å². The summed E-state index contributed by atoms with van der Waals surface area (Å²) in [6.45, 7) is 2.68. The summed E-state index contributed by atoms with van der Waals surface area (Å²) in [5.41, 5.74) is 1.90. The Bertz CT molecular complexity index is 931. The molecule has 1 fully saturated rings. The van der Waals surface area contributed by atoms with Crippen molar-refractivity contribution in [2.75, 3.05) is 26.7 Å². The quantitative estimate of drug-likeness (QED) is 0.686. The van der Waals surface area contributed by atoms with Crippen LogP contribution in [0.5, 0.6) is 5.75 Å². The van der Waals surface area contributed by atoms with Crippen LogP contribution in [0.25, 0.3) is 10.1 Å². The number of methoxy groups -OCH3 is 1. The first-order chi connectivity index (χ1) is 13.3. The van der Waals surface area contributed by atoms with Gasteiger partial charge in [-0.05, 0) is 38.1 Å². The number of benzene rings is 2. The molecule has 1 saturated heterocycles. The van der Waals surface area contributed by atoms with Crippen molar-refractivity contribution in [3.63, 3.8) is 0 Å². The number of hydrogen-bond acceptors (Lipinski definition) is 4. The van der Waals surface area contributed by atoms with Crippen LogP contribution in [0.1, 0.15) is 34.8 Å². The van der Waals surface area contributed by atoms with E-state index < -0.39 is 0 Å². The summed E-state index contributed by atoms with van der Waals surface area (Å²) >= 11 is 1.61. The SMILES string of the molecule is COc1ccccc1C(CNC(=O)c1csc2ccccc12)N1CCCC1. The molecule has 1 aromatic heterocycles. The number of ether oxygens (including phenoxy) is 1. The van der Waals surface area contributed by atoms with E-state index in [-0.39, 0.29) is 11.9 Å². The van der Waals surface area contributed by atoms with E-state index in [1.165, 1.54) is 12.8 Å². The molecule has 0 aliphatic carbocycles. The number of nitrogens with zero attached hydrogens (tertiary/aromatic N) is 1. The number of nitrogens with one attached hydrogen (secondary N) is 1. The zero-order valence-corrected chi connectivity index (χ0v) is 16.3. The third kappa shape index (κ3) is 3.70. The number of para-hydroxylation sites is 1. The number of rotatable bonds is 6. The largest absolute Gasteiger partial charge is 0.496 e. The van der Waals surface area contributed by atoms with Gasteiger partial charge in [0.1, 0.15) is 5.75 Å². The number of carbonyl (C=O) groups excluding carboxylic acids is 1. The lowest BCUT2D eigenvalue weighted by Gasteiger charge is -2.29. The summed E-state index contributed by atoms with van der Waals surface area (Å²) in [4.78, 5) is 15.3. The molecule has 27 heavy (non-hydrogen) atoms. The maximum atomic E-state index is 12.9. The van der Waals surface area contributed by atoms with E-state index in [2.05, 4.69) is 22.3 Å². The molecule has 4 nitrogen and oxygen atoms in total. The zero-order chi connectivity index (χ0) is 18.6. The average Bonchev–Trinajstić information content (AvgIpc) is 3.38. The van der Waals surface area contributed by atoms with E-state index in [9.17, 15) is 4.79 Å². The molecule has 1 atom stereocenters. The van der Waals surface area contributed by atoms with Crippen LogP contribution >= 0.6 is 11.3 Å². The van der Waals surface area contributed by atoms with Gasteiger partial charge in [-0.1, -0.05) is 36.4 Å². The second-order valence-corrected chi connectivity index (χ2v) is 7.77. The van der Waals surface area contributed by atoms with E-state index in [1.807, 2.05) is 41.8 Å². The van der Waals surface area contributed by atoms with E-state index in [0.717, 1.165) is 40.1 Å². The minimum atomic E-state index is -0.00783. The van der Waals surface area contributed by atoms with E-state index >= 15 is 0 Å². The van der Waals surface area contributed by atoms with Crippen molar-refractivity contribution in [1.29, 1.82) is 0 Å². The van der Waals surface area contributed by atoms with Crippen LogP contribution < -0.4 is 10.1 Å². The highest BCUT2D eigenvalue weighted by atomic mass is 32.1. The van der Waals surface area contributed by atoms with Crippen molar-refractivity contribution in [2.45, 2.75) is 18.9 Å². The highest BCUT2D eigenvalue weighted by molar-refractivity contribution is 7.17. The fourth-order valence-corrected chi connectivity index (χ4v) is 4.81. The van der Waals surface area contributed by atoms with Crippen LogP contribution in [0.15, 0.2) is 53.9 Å². The number of amides is 1. The van der Waals surface area contributed by atoms with Crippen LogP contribution in [0, 0.1) is 0 Å². The summed E-state index contributed by atoms with van der Waals surface area (Å²) in [5, 5.41) is 6.15. The van der Waals surface area contributed by atoms with Crippen LogP contribution in [0.4, 0.5) is 0 Å². The molecule has 0 bridgehead atoms. The van der Waals surface area contributed by atoms with Gasteiger partial charge in [-0.2, -0.15) is 0 Å². The second kappa shape index (κ2) is 8.11. The minimum absolute atomic E-state index is 0.00783. The Balaban J connectivity index is 1.56. The Morgan fingerprint density at radius 1 is 1.15 bits per heavy atom. The second-order valence-electron chi connectivity index (χ2n) is 6.86. The molecule has 1 N–H and O–H groups in total. The fourth-order valence-electron chi connectivity index (χ4n) is 3.87. The lowest BCUT2D eigenvalue weighted by molar-refractivity contribution is 0.0939.